The van der Waals surface area contributed by atoms with E-state index in [1.165, 1.54) is 11.1 Å². The highest BCUT2D eigenvalue weighted by atomic mass is 16.3. The molecular formula is C25H48O. The van der Waals surface area contributed by atoms with Crippen LogP contribution in [0.1, 0.15) is 114 Å². The Bertz CT molecular complexity index is 487. The van der Waals surface area contributed by atoms with Gasteiger partial charge in [0.05, 0.1) is 6.61 Å². The molecule has 0 aliphatic rings. The van der Waals surface area contributed by atoms with Crippen molar-refractivity contribution in [3.8, 4) is 0 Å². The van der Waals surface area contributed by atoms with Gasteiger partial charge in [-0.15, -0.1) is 0 Å². The number of benzene rings is 1. The molecule has 0 aliphatic carbocycles. The van der Waals surface area contributed by atoms with E-state index in [4.69, 9.17) is 0 Å². The summed E-state index contributed by atoms with van der Waals surface area (Å²) in [5.74, 6) is 0. The molecule has 0 atom stereocenters. The molecular weight excluding hydrogens is 316 g/mol. The first kappa shape index (κ1) is 27.4. The van der Waals surface area contributed by atoms with Crippen LogP contribution in [0.15, 0.2) is 18.2 Å². The topological polar surface area (TPSA) is 20.2 Å². The summed E-state index contributed by atoms with van der Waals surface area (Å²) in [6.07, 6.45) is 0. The first-order valence-corrected chi connectivity index (χ1v) is 9.91. The molecule has 1 N–H and O–H groups in total. The maximum Gasteiger partial charge on any atom is 0.0681 e. The Labute approximate surface area is 165 Å². The highest BCUT2D eigenvalue weighted by Crippen LogP contribution is 2.34. The summed E-state index contributed by atoms with van der Waals surface area (Å²) in [5, 5.41) is 9.22. The first-order valence-electron chi connectivity index (χ1n) is 9.91. The normalized spacial score (nSPS) is 12.6. The van der Waals surface area contributed by atoms with E-state index >= 15 is 0 Å². The van der Waals surface area contributed by atoms with Crippen LogP contribution in [0.2, 0.25) is 0 Å². The molecule has 0 heterocycles. The average molecular weight is 365 g/mol. The standard InChI is InChI=1S/C15H24O.2C5H12/c1-14(2,3)12-8-7-11(10-16)9-13(12)15(4,5)6;2*1-5(2,3)4/h7-9,16H,10H2,1-6H3;2*1-4H3. The Balaban J connectivity index is 0. The summed E-state index contributed by atoms with van der Waals surface area (Å²) in [5.41, 5.74) is 4.98. The fraction of sp³-hybridized carbons (Fsp3) is 0.760. The average Bonchev–Trinajstić information content (AvgIpc) is 2.31. The summed E-state index contributed by atoms with van der Waals surface area (Å²) in [7, 11) is 0. The summed E-state index contributed by atoms with van der Waals surface area (Å²) >= 11 is 0. The second kappa shape index (κ2) is 9.93. The molecule has 1 heteroatoms. The van der Waals surface area contributed by atoms with Crippen LogP contribution in [0.25, 0.3) is 0 Å². The number of hydrogen-bond donors (Lipinski definition) is 1. The van der Waals surface area contributed by atoms with Crippen molar-refractivity contribution >= 4 is 0 Å². The molecule has 0 radical (unpaired) electrons. The number of aliphatic hydroxyl groups excluding tert-OH is 1. The van der Waals surface area contributed by atoms with Gasteiger partial charge in [-0.05, 0) is 38.4 Å². The van der Waals surface area contributed by atoms with Crippen LogP contribution in [-0.2, 0) is 17.4 Å². The van der Waals surface area contributed by atoms with Crippen molar-refractivity contribution in [1.82, 2.24) is 0 Å². The van der Waals surface area contributed by atoms with Crippen LogP contribution in [0.4, 0.5) is 0 Å². The molecule has 0 spiro atoms. The molecule has 1 rings (SSSR count). The maximum atomic E-state index is 9.22. The largest absolute Gasteiger partial charge is 0.392 e. The third kappa shape index (κ3) is 16.6. The number of hydrogen-bond acceptors (Lipinski definition) is 1. The minimum atomic E-state index is 0.119. The zero-order valence-corrected chi connectivity index (χ0v) is 20.4. The van der Waals surface area contributed by atoms with Gasteiger partial charge in [0.15, 0.2) is 0 Å². The Morgan fingerprint density at radius 3 is 1.12 bits per heavy atom. The molecule has 1 aromatic rings. The minimum absolute atomic E-state index is 0.119. The maximum absolute atomic E-state index is 9.22. The number of aliphatic hydroxyl groups is 1. The van der Waals surface area contributed by atoms with Gasteiger partial charge in [-0.3, -0.25) is 0 Å². The molecule has 0 saturated heterocycles. The predicted molar refractivity (Wildman–Crippen MR) is 120 cm³/mol. The van der Waals surface area contributed by atoms with Gasteiger partial charge in [0.1, 0.15) is 0 Å². The summed E-state index contributed by atoms with van der Waals surface area (Å²) in [4.78, 5) is 0. The smallest absolute Gasteiger partial charge is 0.0681 e. The highest BCUT2D eigenvalue weighted by Gasteiger charge is 2.24. The highest BCUT2D eigenvalue weighted by molar-refractivity contribution is 5.40. The van der Waals surface area contributed by atoms with Gasteiger partial charge in [0.25, 0.3) is 0 Å². The lowest BCUT2D eigenvalue weighted by Gasteiger charge is -2.30. The quantitative estimate of drug-likeness (QED) is 0.537. The molecule has 154 valence electrons. The van der Waals surface area contributed by atoms with E-state index < -0.39 is 0 Å². The lowest BCUT2D eigenvalue weighted by atomic mass is 9.75. The van der Waals surface area contributed by atoms with Crippen molar-refractivity contribution < 1.29 is 5.11 Å². The van der Waals surface area contributed by atoms with Crippen LogP contribution in [0, 0.1) is 10.8 Å². The van der Waals surface area contributed by atoms with Crippen LogP contribution in [0.3, 0.4) is 0 Å². The molecule has 0 amide bonds. The molecule has 0 saturated carbocycles. The van der Waals surface area contributed by atoms with Gasteiger partial charge in [-0.1, -0.05) is 115 Å². The van der Waals surface area contributed by atoms with E-state index in [2.05, 4.69) is 109 Å². The van der Waals surface area contributed by atoms with Crippen LogP contribution in [-0.4, -0.2) is 5.11 Å². The Morgan fingerprint density at radius 2 is 0.885 bits per heavy atom. The van der Waals surface area contributed by atoms with E-state index in [1.807, 2.05) is 6.07 Å². The van der Waals surface area contributed by atoms with Crippen molar-refractivity contribution in [2.45, 2.75) is 114 Å². The van der Waals surface area contributed by atoms with Crippen molar-refractivity contribution in [3.05, 3.63) is 34.9 Å². The zero-order valence-electron chi connectivity index (χ0n) is 20.4. The lowest BCUT2D eigenvalue weighted by molar-refractivity contribution is 0.281. The molecule has 0 aromatic heterocycles. The van der Waals surface area contributed by atoms with Crippen molar-refractivity contribution in [2.75, 3.05) is 0 Å². The molecule has 26 heavy (non-hydrogen) atoms. The van der Waals surface area contributed by atoms with Gasteiger partial charge in [0.2, 0.25) is 0 Å². The monoisotopic (exact) mass is 364 g/mol. The minimum Gasteiger partial charge on any atom is -0.392 e. The fourth-order valence-corrected chi connectivity index (χ4v) is 1.96. The molecule has 0 bridgehead atoms. The van der Waals surface area contributed by atoms with E-state index in [1.54, 1.807) is 0 Å². The molecule has 0 unspecified atom stereocenters. The van der Waals surface area contributed by atoms with Crippen molar-refractivity contribution in [3.63, 3.8) is 0 Å². The molecule has 1 nitrogen and oxygen atoms in total. The van der Waals surface area contributed by atoms with Crippen molar-refractivity contribution in [1.29, 1.82) is 0 Å². The second-order valence-corrected chi connectivity index (χ2v) is 12.5. The van der Waals surface area contributed by atoms with Gasteiger partial charge in [-0.2, -0.15) is 0 Å². The van der Waals surface area contributed by atoms with Crippen molar-refractivity contribution in [2.24, 2.45) is 10.8 Å². The molecule has 1 aromatic carbocycles. The second-order valence-electron chi connectivity index (χ2n) is 12.5. The van der Waals surface area contributed by atoms with Gasteiger partial charge in [-0.25, -0.2) is 0 Å². The van der Waals surface area contributed by atoms with E-state index in [0.717, 1.165) is 5.56 Å². The Morgan fingerprint density at radius 1 is 0.577 bits per heavy atom. The van der Waals surface area contributed by atoms with E-state index in [0.29, 0.717) is 10.8 Å². The Hall–Kier alpha value is -0.820. The zero-order chi connectivity index (χ0) is 21.6. The van der Waals surface area contributed by atoms with Crippen LogP contribution in [0.5, 0.6) is 0 Å². The Kier molecular flexibility index (Phi) is 10.5. The first-order chi connectivity index (χ1) is 11.2. The predicted octanol–water partition coefficient (Wildman–Crippen LogP) is 7.88. The van der Waals surface area contributed by atoms with Crippen LogP contribution >= 0.6 is 0 Å². The number of rotatable bonds is 1. The lowest BCUT2D eigenvalue weighted by Crippen LogP contribution is -2.22. The third-order valence-electron chi connectivity index (χ3n) is 2.88. The summed E-state index contributed by atoms with van der Waals surface area (Å²) in [6.45, 7) is 31.0. The van der Waals surface area contributed by atoms with Gasteiger partial charge in [0, 0.05) is 0 Å². The van der Waals surface area contributed by atoms with E-state index in [9.17, 15) is 5.11 Å². The van der Waals surface area contributed by atoms with Gasteiger partial charge < -0.3 is 5.11 Å². The third-order valence-corrected chi connectivity index (χ3v) is 2.88. The fourth-order valence-electron chi connectivity index (χ4n) is 1.96. The SMILES string of the molecule is CC(C)(C)C.CC(C)(C)C.CC(C)(C)c1ccc(CO)cc1C(C)(C)C. The van der Waals surface area contributed by atoms with E-state index in [-0.39, 0.29) is 17.4 Å². The van der Waals surface area contributed by atoms with Crippen LogP contribution < -0.4 is 0 Å². The molecule has 0 aliphatic heterocycles. The molecule has 0 fully saturated rings. The summed E-state index contributed by atoms with van der Waals surface area (Å²) in [6, 6.07) is 6.32. The van der Waals surface area contributed by atoms with Gasteiger partial charge >= 0.3 is 0 Å². The summed E-state index contributed by atoms with van der Waals surface area (Å²) < 4.78 is 0.